The van der Waals surface area contributed by atoms with Gasteiger partial charge in [-0.2, -0.15) is 5.10 Å². The van der Waals surface area contributed by atoms with Crippen molar-refractivity contribution in [2.45, 2.75) is 0 Å². The van der Waals surface area contributed by atoms with Crippen molar-refractivity contribution in [2.75, 3.05) is 5.73 Å². The normalized spacial score (nSPS) is 9.71. The third-order valence-electron chi connectivity index (χ3n) is 1.28. The van der Waals surface area contributed by atoms with Crippen molar-refractivity contribution in [1.29, 1.82) is 0 Å². The number of H-pyrrole nitrogens is 2. The molecular weight excluding hydrogens is 204 g/mol. The Labute approximate surface area is 82.0 Å². The Bertz CT molecular complexity index is 395. The topological polar surface area (TPSA) is 122 Å². The Kier molecular flexibility index (Phi) is 2.32. The number of nitrogens with one attached hydrogen (secondary N) is 2. The smallest absolute Gasteiger partial charge is 0.235 e. The fraction of sp³-hybridized carbons (Fsp3) is 0. The first-order chi connectivity index (χ1) is 6.86. The predicted molar refractivity (Wildman–Crippen MR) is 49.5 cm³/mol. The third kappa shape index (κ3) is 1.82. The van der Waals surface area contributed by atoms with Crippen molar-refractivity contribution in [3.05, 3.63) is 12.3 Å². The van der Waals surface area contributed by atoms with Crippen LogP contribution in [-0.2, 0) is 0 Å². The van der Waals surface area contributed by atoms with Gasteiger partial charge < -0.3 is 5.73 Å². The standard InChI is InChI=1S/C3H5N3.C2HN5S/c4-3-1-2-5-6-3;3-1-2(5-6-3)8-7-4-1/h1-2H,(H3,4,5,6);7H. The second-order valence-corrected chi connectivity index (χ2v) is 3.00. The lowest BCUT2D eigenvalue weighted by Gasteiger charge is -1.67. The first-order valence-electron chi connectivity index (χ1n) is 3.60. The van der Waals surface area contributed by atoms with Gasteiger partial charge in [-0.05, 0) is 22.8 Å². The molecule has 0 radical (unpaired) electrons. The molecule has 8 nitrogen and oxygen atoms in total. The minimum absolute atomic E-state index is 0.537. The van der Waals surface area contributed by atoms with Gasteiger partial charge in [-0.3, -0.25) is 5.10 Å². The highest BCUT2D eigenvalue weighted by molar-refractivity contribution is 7.08. The monoisotopic (exact) mass is 210 g/mol. The molecule has 0 spiro atoms. The number of aromatic nitrogens is 7. The number of anilines is 1. The summed E-state index contributed by atoms with van der Waals surface area (Å²) in [5.41, 5.74) is 5.14. The molecule has 2 aliphatic rings. The number of nitrogens with zero attached hydrogens (tertiary/aromatic N) is 5. The van der Waals surface area contributed by atoms with Crippen LogP contribution in [0, 0.1) is 0 Å². The molecule has 3 heterocycles. The summed E-state index contributed by atoms with van der Waals surface area (Å²) in [5.74, 6) is 1.13. The van der Waals surface area contributed by atoms with E-state index >= 15 is 0 Å². The summed E-state index contributed by atoms with van der Waals surface area (Å²) < 4.78 is 2.64. The number of nitrogen functional groups attached to an aromatic ring is 1. The minimum atomic E-state index is 0.537. The molecule has 1 aromatic heterocycles. The van der Waals surface area contributed by atoms with Crippen LogP contribution in [0.15, 0.2) is 12.3 Å². The molecule has 9 heteroatoms. The van der Waals surface area contributed by atoms with E-state index in [2.05, 4.69) is 35.2 Å². The molecule has 0 atom stereocenters. The first kappa shape index (κ1) is 8.56. The van der Waals surface area contributed by atoms with E-state index in [1.807, 2.05) is 0 Å². The fourth-order valence-corrected chi connectivity index (χ4v) is 1.18. The van der Waals surface area contributed by atoms with Gasteiger partial charge in [0.2, 0.25) is 10.8 Å². The first-order valence-corrected chi connectivity index (χ1v) is 4.42. The van der Waals surface area contributed by atoms with Gasteiger partial charge in [-0.1, -0.05) is 0 Å². The lowest BCUT2D eigenvalue weighted by Crippen LogP contribution is -1.81. The zero-order valence-corrected chi connectivity index (χ0v) is 7.69. The van der Waals surface area contributed by atoms with Crippen molar-refractivity contribution in [3.8, 4) is 10.8 Å². The van der Waals surface area contributed by atoms with Crippen LogP contribution in [0.1, 0.15) is 0 Å². The molecule has 4 N–H and O–H groups in total. The van der Waals surface area contributed by atoms with Gasteiger partial charge in [0.15, 0.2) is 0 Å². The van der Waals surface area contributed by atoms with Crippen LogP contribution in [-0.4, -0.2) is 35.2 Å². The third-order valence-corrected chi connectivity index (χ3v) is 1.92. The number of hydrogen-bond acceptors (Lipinski definition) is 7. The van der Waals surface area contributed by atoms with E-state index in [1.165, 1.54) is 11.5 Å². The molecule has 0 aliphatic carbocycles. The Morgan fingerprint density at radius 1 is 1.29 bits per heavy atom. The van der Waals surface area contributed by atoms with Crippen LogP contribution in [0.3, 0.4) is 0 Å². The van der Waals surface area contributed by atoms with Gasteiger partial charge in [0.1, 0.15) is 5.82 Å². The highest BCUT2D eigenvalue weighted by Crippen LogP contribution is 2.13. The van der Waals surface area contributed by atoms with Gasteiger partial charge in [-0.25, -0.2) is 4.49 Å². The summed E-state index contributed by atoms with van der Waals surface area (Å²) in [5, 5.41) is 21.2. The van der Waals surface area contributed by atoms with Crippen molar-refractivity contribution in [2.24, 2.45) is 0 Å². The van der Waals surface area contributed by atoms with E-state index in [4.69, 9.17) is 5.73 Å². The van der Waals surface area contributed by atoms with Gasteiger partial charge in [0.05, 0.1) is 0 Å². The summed E-state index contributed by atoms with van der Waals surface area (Å²) in [6.07, 6.45) is 1.68. The zero-order valence-electron chi connectivity index (χ0n) is 6.88. The predicted octanol–water partition coefficient (Wildman–Crippen LogP) is -0.247. The van der Waals surface area contributed by atoms with Crippen LogP contribution >= 0.6 is 11.5 Å². The summed E-state index contributed by atoms with van der Waals surface area (Å²) in [4.78, 5) is 0. The molecule has 0 unspecified atom stereocenters. The Morgan fingerprint density at radius 2 is 2.21 bits per heavy atom. The summed E-state index contributed by atoms with van der Waals surface area (Å²) in [6.45, 7) is 0. The molecule has 14 heavy (non-hydrogen) atoms. The summed E-state index contributed by atoms with van der Waals surface area (Å²) in [6, 6.07) is 1.69. The molecule has 0 fully saturated rings. The largest absolute Gasteiger partial charge is 0.382 e. The molecule has 3 rings (SSSR count). The number of fused-ring (bicyclic) bond motifs is 1. The summed E-state index contributed by atoms with van der Waals surface area (Å²) in [7, 11) is 0. The maximum absolute atomic E-state index is 5.14. The minimum Gasteiger partial charge on any atom is -0.382 e. The van der Waals surface area contributed by atoms with Gasteiger partial charge in [-0.15, -0.1) is 15.3 Å². The van der Waals surface area contributed by atoms with E-state index in [-0.39, 0.29) is 0 Å². The van der Waals surface area contributed by atoms with E-state index in [0.717, 1.165) is 5.01 Å². The highest BCUT2D eigenvalue weighted by Gasteiger charge is 2.08. The number of rotatable bonds is 0. The second kappa shape index (κ2) is 3.79. The summed E-state index contributed by atoms with van der Waals surface area (Å²) >= 11 is 1.32. The lowest BCUT2D eigenvalue weighted by atomic mass is 10.7. The van der Waals surface area contributed by atoms with Gasteiger partial charge in [0, 0.05) is 6.20 Å². The molecule has 0 bridgehead atoms. The van der Waals surface area contributed by atoms with Crippen molar-refractivity contribution in [1.82, 2.24) is 35.2 Å². The molecular formula is C5H6N8S. The maximum Gasteiger partial charge on any atom is 0.235 e. The van der Waals surface area contributed by atoms with E-state index in [9.17, 15) is 0 Å². The second-order valence-electron chi connectivity index (χ2n) is 2.22. The fourth-order valence-electron chi connectivity index (χ4n) is 0.710. The molecule has 0 saturated heterocycles. The molecule has 72 valence electrons. The van der Waals surface area contributed by atoms with Crippen LogP contribution in [0.4, 0.5) is 5.82 Å². The van der Waals surface area contributed by atoms with E-state index < -0.39 is 0 Å². The molecule has 0 saturated carbocycles. The molecule has 0 aromatic carbocycles. The Morgan fingerprint density at radius 3 is 2.79 bits per heavy atom. The number of aromatic amines is 2. The molecule has 2 aliphatic heterocycles. The van der Waals surface area contributed by atoms with E-state index in [1.54, 1.807) is 12.3 Å². The van der Waals surface area contributed by atoms with Gasteiger partial charge in [0.25, 0.3) is 0 Å². The average molecular weight is 210 g/mol. The van der Waals surface area contributed by atoms with Crippen LogP contribution in [0.5, 0.6) is 0 Å². The SMILES string of the molecule is Nc1cc[nH]n1.n1nc2n[nH]sc-2n1. The molecule has 0 amide bonds. The lowest BCUT2D eigenvalue weighted by molar-refractivity contribution is 0.937. The van der Waals surface area contributed by atoms with Crippen LogP contribution < -0.4 is 5.73 Å². The number of hydrogen-bond donors (Lipinski definition) is 3. The Balaban J connectivity index is 0.000000112. The van der Waals surface area contributed by atoms with Crippen molar-refractivity contribution < 1.29 is 0 Å². The van der Waals surface area contributed by atoms with Crippen LogP contribution in [0.2, 0.25) is 0 Å². The van der Waals surface area contributed by atoms with Gasteiger partial charge >= 0.3 is 0 Å². The number of nitrogens with two attached hydrogens (primary N) is 1. The van der Waals surface area contributed by atoms with Crippen molar-refractivity contribution >= 4 is 17.4 Å². The van der Waals surface area contributed by atoms with Crippen LogP contribution in [0.25, 0.3) is 10.8 Å². The van der Waals surface area contributed by atoms with Crippen molar-refractivity contribution in [3.63, 3.8) is 0 Å². The van der Waals surface area contributed by atoms with E-state index in [0.29, 0.717) is 11.6 Å². The quantitative estimate of drug-likeness (QED) is 0.470. The Hall–Kier alpha value is -2.03. The average Bonchev–Trinajstić information content (AvgIpc) is 2.77. The zero-order chi connectivity index (χ0) is 9.80. The highest BCUT2D eigenvalue weighted by atomic mass is 32.1. The maximum atomic E-state index is 5.14. The molecule has 1 aromatic rings.